The third-order valence-electron chi connectivity index (χ3n) is 4.38. The Bertz CT molecular complexity index is 766. The predicted molar refractivity (Wildman–Crippen MR) is 89.9 cm³/mol. The Balaban J connectivity index is 0.00000192. The van der Waals surface area contributed by atoms with Crippen molar-refractivity contribution in [1.82, 2.24) is 10.1 Å². The fourth-order valence-corrected chi connectivity index (χ4v) is 4.44. The molecule has 1 fully saturated rings. The van der Waals surface area contributed by atoms with Crippen molar-refractivity contribution in [3.63, 3.8) is 0 Å². The Morgan fingerprint density at radius 2 is 1.83 bits per heavy atom. The summed E-state index contributed by atoms with van der Waals surface area (Å²) in [5.74, 6) is 0.624. The molecule has 0 spiro atoms. The predicted octanol–water partition coefficient (Wildman–Crippen LogP) is 2.43. The molecule has 0 unspecified atom stereocenters. The normalized spacial score (nSPS) is 17.0. The summed E-state index contributed by atoms with van der Waals surface area (Å²) in [7, 11) is -3.31. The highest BCUT2D eigenvalue weighted by molar-refractivity contribution is 7.91. The number of hydrogen-bond acceptors (Lipinski definition) is 6. The van der Waals surface area contributed by atoms with Gasteiger partial charge in [0.25, 0.3) is 0 Å². The summed E-state index contributed by atoms with van der Waals surface area (Å²) in [5.41, 5.74) is 7.37. The molecule has 23 heavy (non-hydrogen) atoms. The van der Waals surface area contributed by atoms with E-state index in [9.17, 15) is 8.42 Å². The van der Waals surface area contributed by atoms with Crippen molar-refractivity contribution in [2.45, 2.75) is 37.0 Å². The number of nitrogens with two attached hydrogens (primary N) is 1. The minimum Gasteiger partial charge on any atom is -0.337 e. The standard InChI is InChI=1S/C15H19N3O3S.ClH/c1-22(19,20)15(8-2-3-9-15)14-17-13(18-21-14)12-6-4-11(10-16)5-7-12;/h4-7H,2-3,8-10,16H2,1H3;1H. The molecule has 0 bridgehead atoms. The molecular weight excluding hydrogens is 338 g/mol. The lowest BCUT2D eigenvalue weighted by molar-refractivity contribution is 0.331. The molecular formula is C15H20ClN3O3S. The molecule has 1 heterocycles. The average molecular weight is 358 g/mol. The van der Waals surface area contributed by atoms with Gasteiger partial charge in [-0.1, -0.05) is 42.3 Å². The first-order valence-corrected chi connectivity index (χ1v) is 9.18. The first-order chi connectivity index (χ1) is 10.5. The Morgan fingerprint density at radius 1 is 1.22 bits per heavy atom. The Morgan fingerprint density at radius 3 is 2.35 bits per heavy atom. The molecule has 0 saturated heterocycles. The number of benzene rings is 1. The van der Waals surface area contributed by atoms with Crippen molar-refractivity contribution < 1.29 is 12.9 Å². The van der Waals surface area contributed by atoms with Crippen molar-refractivity contribution in [2.24, 2.45) is 5.73 Å². The summed E-state index contributed by atoms with van der Waals surface area (Å²) in [4.78, 5) is 4.37. The third kappa shape index (κ3) is 3.13. The van der Waals surface area contributed by atoms with E-state index >= 15 is 0 Å². The first-order valence-electron chi connectivity index (χ1n) is 7.29. The van der Waals surface area contributed by atoms with Gasteiger partial charge in [-0.15, -0.1) is 12.4 Å². The van der Waals surface area contributed by atoms with E-state index < -0.39 is 14.6 Å². The van der Waals surface area contributed by atoms with Crippen LogP contribution in [0.4, 0.5) is 0 Å². The van der Waals surface area contributed by atoms with Crippen LogP contribution in [0, 0.1) is 0 Å². The van der Waals surface area contributed by atoms with E-state index in [2.05, 4.69) is 10.1 Å². The molecule has 0 radical (unpaired) electrons. The van der Waals surface area contributed by atoms with E-state index in [0.717, 1.165) is 24.0 Å². The van der Waals surface area contributed by atoms with Crippen LogP contribution < -0.4 is 5.73 Å². The fourth-order valence-electron chi connectivity index (χ4n) is 3.01. The van der Waals surface area contributed by atoms with E-state index in [1.54, 1.807) is 0 Å². The summed E-state index contributed by atoms with van der Waals surface area (Å²) in [6.45, 7) is 0.467. The molecule has 8 heteroatoms. The van der Waals surface area contributed by atoms with E-state index in [0.29, 0.717) is 25.2 Å². The monoisotopic (exact) mass is 357 g/mol. The zero-order chi connectivity index (χ0) is 15.8. The summed E-state index contributed by atoms with van der Waals surface area (Å²) >= 11 is 0. The topological polar surface area (TPSA) is 99.1 Å². The van der Waals surface area contributed by atoms with Gasteiger partial charge in [-0.05, 0) is 18.4 Å². The summed E-state index contributed by atoms with van der Waals surface area (Å²) in [5, 5.41) is 3.96. The summed E-state index contributed by atoms with van der Waals surface area (Å²) < 4.78 is 28.8. The van der Waals surface area contributed by atoms with E-state index in [1.807, 2.05) is 24.3 Å². The van der Waals surface area contributed by atoms with Crippen LogP contribution in [0.25, 0.3) is 11.4 Å². The molecule has 6 nitrogen and oxygen atoms in total. The van der Waals surface area contributed by atoms with Crippen LogP contribution in [0.3, 0.4) is 0 Å². The molecule has 1 saturated carbocycles. The van der Waals surface area contributed by atoms with Crippen LogP contribution >= 0.6 is 12.4 Å². The average Bonchev–Trinajstić information content (AvgIpc) is 3.16. The number of aromatic nitrogens is 2. The van der Waals surface area contributed by atoms with Crippen molar-refractivity contribution in [3.05, 3.63) is 35.7 Å². The van der Waals surface area contributed by atoms with E-state index in [1.165, 1.54) is 6.26 Å². The maximum absolute atomic E-state index is 12.2. The number of hydrogen-bond donors (Lipinski definition) is 1. The largest absolute Gasteiger partial charge is 0.337 e. The van der Waals surface area contributed by atoms with Gasteiger partial charge in [-0.25, -0.2) is 8.42 Å². The lowest BCUT2D eigenvalue weighted by Gasteiger charge is -2.21. The number of nitrogens with zero attached hydrogens (tertiary/aromatic N) is 2. The second-order valence-corrected chi connectivity index (χ2v) is 8.12. The molecule has 0 amide bonds. The maximum Gasteiger partial charge on any atom is 0.248 e. The number of sulfone groups is 1. The van der Waals surface area contributed by atoms with Crippen LogP contribution in [0.2, 0.25) is 0 Å². The first kappa shape index (κ1) is 17.9. The highest BCUT2D eigenvalue weighted by atomic mass is 35.5. The molecule has 3 rings (SSSR count). The molecule has 0 aliphatic heterocycles. The lowest BCUT2D eigenvalue weighted by atomic mass is 10.1. The highest BCUT2D eigenvalue weighted by Crippen LogP contribution is 2.44. The molecule has 1 aliphatic carbocycles. The van der Waals surface area contributed by atoms with Crippen molar-refractivity contribution in [2.75, 3.05) is 6.26 Å². The van der Waals surface area contributed by atoms with Crippen LogP contribution in [0.5, 0.6) is 0 Å². The van der Waals surface area contributed by atoms with Gasteiger partial charge < -0.3 is 10.3 Å². The Labute approximate surface area is 141 Å². The highest BCUT2D eigenvalue weighted by Gasteiger charge is 2.49. The SMILES string of the molecule is CS(=O)(=O)C1(c2nc(-c3ccc(CN)cc3)no2)CCCC1.Cl. The van der Waals surface area contributed by atoms with Crippen LogP contribution in [0.1, 0.15) is 37.1 Å². The molecule has 2 aromatic rings. The zero-order valence-electron chi connectivity index (χ0n) is 12.9. The van der Waals surface area contributed by atoms with Crippen molar-refractivity contribution >= 4 is 22.2 Å². The third-order valence-corrected chi connectivity index (χ3v) is 6.39. The van der Waals surface area contributed by atoms with Gasteiger partial charge in [0, 0.05) is 18.4 Å². The van der Waals surface area contributed by atoms with Gasteiger partial charge in [0.1, 0.15) is 0 Å². The van der Waals surface area contributed by atoms with Crippen LogP contribution in [0.15, 0.2) is 28.8 Å². The summed E-state index contributed by atoms with van der Waals surface area (Å²) in [6.07, 6.45) is 4.04. The second kappa shape index (κ2) is 6.59. The smallest absolute Gasteiger partial charge is 0.248 e. The minimum atomic E-state index is -3.31. The fraction of sp³-hybridized carbons (Fsp3) is 0.467. The number of rotatable bonds is 4. The lowest BCUT2D eigenvalue weighted by Crippen LogP contribution is -2.32. The molecule has 0 atom stereocenters. The van der Waals surface area contributed by atoms with Gasteiger partial charge in [0.05, 0.1) is 0 Å². The molecule has 1 aliphatic rings. The quantitative estimate of drug-likeness (QED) is 0.902. The second-order valence-electron chi connectivity index (χ2n) is 5.80. The molecule has 2 N–H and O–H groups in total. The zero-order valence-corrected chi connectivity index (χ0v) is 14.5. The van der Waals surface area contributed by atoms with Crippen molar-refractivity contribution in [1.29, 1.82) is 0 Å². The van der Waals surface area contributed by atoms with E-state index in [-0.39, 0.29) is 18.3 Å². The van der Waals surface area contributed by atoms with E-state index in [4.69, 9.17) is 10.3 Å². The van der Waals surface area contributed by atoms with Gasteiger partial charge >= 0.3 is 0 Å². The molecule has 1 aromatic carbocycles. The van der Waals surface area contributed by atoms with Crippen molar-refractivity contribution in [3.8, 4) is 11.4 Å². The van der Waals surface area contributed by atoms with Gasteiger partial charge in [0.2, 0.25) is 11.7 Å². The number of halogens is 1. The molecule has 126 valence electrons. The van der Waals surface area contributed by atoms with Gasteiger partial charge in [-0.2, -0.15) is 4.98 Å². The maximum atomic E-state index is 12.2. The van der Waals surface area contributed by atoms with Gasteiger partial charge in [0.15, 0.2) is 14.6 Å². The van der Waals surface area contributed by atoms with Gasteiger partial charge in [-0.3, -0.25) is 0 Å². The Hall–Kier alpha value is -1.44. The minimum absolute atomic E-state index is 0. The van der Waals surface area contributed by atoms with Crippen LogP contribution in [-0.4, -0.2) is 24.8 Å². The summed E-state index contributed by atoms with van der Waals surface area (Å²) in [6, 6.07) is 7.51. The van der Waals surface area contributed by atoms with Crippen LogP contribution in [-0.2, 0) is 21.1 Å². The Kier molecular flexibility index (Phi) is 5.13. The molecule has 1 aromatic heterocycles.